The number of aryl methyl sites for hydroxylation is 1. The Morgan fingerprint density at radius 1 is 0.958 bits per heavy atom. The van der Waals surface area contributed by atoms with Gasteiger partial charge in [0.15, 0.2) is 0 Å². The monoisotopic (exact) mass is 340 g/mol. The lowest BCUT2D eigenvalue weighted by molar-refractivity contribution is -0.131. The van der Waals surface area contributed by atoms with Crippen molar-refractivity contribution in [3.8, 4) is 0 Å². The topological polar surface area (TPSA) is 23.6 Å². The van der Waals surface area contributed by atoms with Gasteiger partial charge in [0.25, 0.3) is 0 Å². The van der Waals surface area contributed by atoms with E-state index in [1.54, 1.807) is 11.8 Å². The molecule has 1 fully saturated rings. The van der Waals surface area contributed by atoms with Crippen molar-refractivity contribution in [2.75, 3.05) is 36.8 Å². The molecule has 0 spiro atoms. The van der Waals surface area contributed by atoms with Crippen molar-refractivity contribution in [3.63, 3.8) is 0 Å². The van der Waals surface area contributed by atoms with E-state index in [0.717, 1.165) is 31.9 Å². The number of hydrogen-bond donors (Lipinski definition) is 0. The first-order chi connectivity index (χ1) is 11.7. The number of anilines is 1. The molecule has 3 rings (SSSR count). The highest BCUT2D eigenvalue weighted by atomic mass is 32.2. The lowest BCUT2D eigenvalue weighted by Gasteiger charge is -2.36. The Kier molecular flexibility index (Phi) is 5.81. The van der Waals surface area contributed by atoms with Gasteiger partial charge >= 0.3 is 0 Å². The van der Waals surface area contributed by atoms with E-state index in [9.17, 15) is 4.79 Å². The molecule has 126 valence electrons. The summed E-state index contributed by atoms with van der Waals surface area (Å²) in [6.07, 6.45) is 0.615. The number of rotatable bonds is 5. The van der Waals surface area contributed by atoms with E-state index in [1.165, 1.54) is 16.1 Å². The van der Waals surface area contributed by atoms with Gasteiger partial charge in [-0.25, -0.2) is 0 Å². The van der Waals surface area contributed by atoms with Crippen LogP contribution in [0.2, 0.25) is 0 Å². The van der Waals surface area contributed by atoms with Crippen LogP contribution in [-0.4, -0.2) is 42.7 Å². The van der Waals surface area contributed by atoms with Crippen LogP contribution in [0, 0.1) is 6.92 Å². The van der Waals surface area contributed by atoms with E-state index >= 15 is 0 Å². The number of benzene rings is 2. The first kappa shape index (κ1) is 16.9. The molecule has 1 saturated heterocycles. The maximum atomic E-state index is 12.4. The lowest BCUT2D eigenvalue weighted by atomic mass is 10.2. The average molecular weight is 340 g/mol. The van der Waals surface area contributed by atoms with Crippen LogP contribution in [0.3, 0.4) is 0 Å². The van der Waals surface area contributed by atoms with E-state index in [-0.39, 0.29) is 5.91 Å². The normalized spacial score (nSPS) is 14.7. The lowest BCUT2D eigenvalue weighted by Crippen LogP contribution is -2.48. The van der Waals surface area contributed by atoms with E-state index < -0.39 is 0 Å². The molecule has 1 aliphatic heterocycles. The van der Waals surface area contributed by atoms with Crippen molar-refractivity contribution in [3.05, 3.63) is 60.2 Å². The Hall–Kier alpha value is -1.94. The van der Waals surface area contributed by atoms with Crippen molar-refractivity contribution < 1.29 is 4.79 Å². The maximum Gasteiger partial charge on any atom is 0.223 e. The van der Waals surface area contributed by atoms with Gasteiger partial charge in [-0.05, 0) is 31.2 Å². The Morgan fingerprint density at radius 3 is 2.29 bits per heavy atom. The standard InChI is InChI=1S/C20H24N2OS/c1-17-7-9-19(10-8-17)24-16-11-20(23)22-14-12-21(13-15-22)18-5-3-2-4-6-18/h2-10H,11-16H2,1H3. The largest absolute Gasteiger partial charge is 0.368 e. The van der Waals surface area contributed by atoms with E-state index in [0.29, 0.717) is 6.42 Å². The average Bonchev–Trinajstić information content (AvgIpc) is 2.64. The molecule has 1 amide bonds. The van der Waals surface area contributed by atoms with Gasteiger partial charge in [0.2, 0.25) is 5.91 Å². The predicted molar refractivity (Wildman–Crippen MR) is 102 cm³/mol. The molecule has 0 bridgehead atoms. The van der Waals surface area contributed by atoms with Crippen LogP contribution >= 0.6 is 11.8 Å². The van der Waals surface area contributed by atoms with Gasteiger partial charge < -0.3 is 9.80 Å². The Morgan fingerprint density at radius 2 is 1.62 bits per heavy atom. The first-order valence-electron chi connectivity index (χ1n) is 8.49. The Bertz CT molecular complexity index is 649. The molecule has 0 aliphatic carbocycles. The minimum absolute atomic E-state index is 0.280. The van der Waals surface area contributed by atoms with Gasteiger partial charge in [-0.1, -0.05) is 35.9 Å². The summed E-state index contributed by atoms with van der Waals surface area (Å²) < 4.78 is 0. The number of amides is 1. The van der Waals surface area contributed by atoms with Crippen molar-refractivity contribution in [2.24, 2.45) is 0 Å². The number of thioether (sulfide) groups is 1. The molecule has 0 radical (unpaired) electrons. The van der Waals surface area contributed by atoms with Crippen molar-refractivity contribution in [1.29, 1.82) is 0 Å². The number of nitrogens with zero attached hydrogens (tertiary/aromatic N) is 2. The van der Waals surface area contributed by atoms with Crippen LogP contribution in [0.1, 0.15) is 12.0 Å². The van der Waals surface area contributed by atoms with Gasteiger partial charge in [0.05, 0.1) is 0 Å². The third-order valence-electron chi connectivity index (χ3n) is 4.36. The summed E-state index contributed by atoms with van der Waals surface area (Å²) in [6.45, 7) is 5.57. The molecule has 24 heavy (non-hydrogen) atoms. The molecule has 1 aliphatic rings. The molecule has 0 aromatic heterocycles. The fourth-order valence-corrected chi connectivity index (χ4v) is 3.74. The Labute approximate surface area is 148 Å². The van der Waals surface area contributed by atoms with Crippen LogP contribution in [0.25, 0.3) is 0 Å². The molecule has 4 heteroatoms. The number of piperazine rings is 1. The summed E-state index contributed by atoms with van der Waals surface area (Å²) in [5, 5.41) is 0. The molecule has 0 atom stereocenters. The second-order valence-electron chi connectivity index (χ2n) is 6.11. The summed E-state index contributed by atoms with van der Waals surface area (Å²) in [6, 6.07) is 18.9. The molecule has 0 unspecified atom stereocenters. The van der Waals surface area contributed by atoms with Crippen molar-refractivity contribution in [1.82, 2.24) is 4.90 Å². The van der Waals surface area contributed by atoms with Gasteiger partial charge in [-0.3, -0.25) is 4.79 Å². The summed E-state index contributed by atoms with van der Waals surface area (Å²) >= 11 is 1.76. The smallest absolute Gasteiger partial charge is 0.223 e. The van der Waals surface area contributed by atoms with Crippen LogP contribution in [0.15, 0.2) is 59.5 Å². The predicted octanol–water partition coefficient (Wildman–Crippen LogP) is 3.83. The summed E-state index contributed by atoms with van der Waals surface area (Å²) in [5.74, 6) is 1.13. The molecule has 0 N–H and O–H groups in total. The third kappa shape index (κ3) is 4.54. The highest BCUT2D eigenvalue weighted by molar-refractivity contribution is 7.99. The zero-order valence-corrected chi connectivity index (χ0v) is 15.0. The zero-order valence-electron chi connectivity index (χ0n) is 14.1. The fourth-order valence-electron chi connectivity index (χ4n) is 2.90. The highest BCUT2D eigenvalue weighted by Crippen LogP contribution is 2.20. The maximum absolute atomic E-state index is 12.4. The van der Waals surface area contributed by atoms with Crippen molar-refractivity contribution >= 4 is 23.4 Å². The van der Waals surface area contributed by atoms with E-state index in [4.69, 9.17) is 0 Å². The summed E-state index contributed by atoms with van der Waals surface area (Å²) in [4.78, 5) is 18.0. The number of hydrogen-bond acceptors (Lipinski definition) is 3. The van der Waals surface area contributed by atoms with E-state index in [1.807, 2.05) is 11.0 Å². The number of carbonyl (C=O) groups is 1. The molecular weight excluding hydrogens is 316 g/mol. The molecular formula is C20H24N2OS. The first-order valence-corrected chi connectivity index (χ1v) is 9.48. The second kappa shape index (κ2) is 8.25. The van der Waals surface area contributed by atoms with Crippen LogP contribution in [0.5, 0.6) is 0 Å². The van der Waals surface area contributed by atoms with Gasteiger partial charge in [-0.2, -0.15) is 0 Å². The zero-order chi connectivity index (χ0) is 16.8. The minimum Gasteiger partial charge on any atom is -0.368 e. The SMILES string of the molecule is Cc1ccc(SCCC(=O)N2CCN(c3ccccc3)CC2)cc1. The van der Waals surface area contributed by atoms with E-state index in [2.05, 4.69) is 60.4 Å². The van der Waals surface area contributed by atoms with Crippen molar-refractivity contribution in [2.45, 2.75) is 18.2 Å². The number of carbonyl (C=O) groups excluding carboxylic acids is 1. The highest BCUT2D eigenvalue weighted by Gasteiger charge is 2.20. The second-order valence-corrected chi connectivity index (χ2v) is 7.28. The minimum atomic E-state index is 0.280. The number of para-hydroxylation sites is 1. The van der Waals surface area contributed by atoms with Gasteiger partial charge in [0, 0.05) is 48.9 Å². The fraction of sp³-hybridized carbons (Fsp3) is 0.350. The molecule has 0 saturated carbocycles. The summed E-state index contributed by atoms with van der Waals surface area (Å²) in [5.41, 5.74) is 2.52. The molecule has 1 heterocycles. The Balaban J connectivity index is 1.41. The molecule has 3 nitrogen and oxygen atoms in total. The van der Waals surface area contributed by atoms with Crippen LogP contribution < -0.4 is 4.90 Å². The van der Waals surface area contributed by atoms with Gasteiger partial charge in [0.1, 0.15) is 0 Å². The summed E-state index contributed by atoms with van der Waals surface area (Å²) in [7, 11) is 0. The third-order valence-corrected chi connectivity index (χ3v) is 5.37. The van der Waals surface area contributed by atoms with Gasteiger partial charge in [-0.15, -0.1) is 11.8 Å². The molecule has 2 aromatic rings. The van der Waals surface area contributed by atoms with Crippen LogP contribution in [-0.2, 0) is 4.79 Å². The molecule has 2 aromatic carbocycles. The van der Waals surface area contributed by atoms with Crippen LogP contribution in [0.4, 0.5) is 5.69 Å². The quantitative estimate of drug-likeness (QED) is 0.773.